The van der Waals surface area contributed by atoms with Gasteiger partial charge in [0.15, 0.2) is 6.29 Å². The van der Waals surface area contributed by atoms with Gasteiger partial charge in [0.2, 0.25) is 6.29 Å². The summed E-state index contributed by atoms with van der Waals surface area (Å²) in [6.45, 7) is 0.789. The van der Waals surface area contributed by atoms with E-state index >= 15 is 0 Å². The summed E-state index contributed by atoms with van der Waals surface area (Å²) in [5, 5.41) is 71.6. The highest BCUT2D eigenvalue weighted by molar-refractivity contribution is 5.88. The average molecular weight is 510 g/mol. The second kappa shape index (κ2) is 10.1. The molecule has 0 radical (unpaired) electrons. The van der Waals surface area contributed by atoms with Crippen molar-refractivity contribution in [2.75, 3.05) is 6.61 Å². The molecule has 7 N–H and O–H groups in total. The van der Waals surface area contributed by atoms with Crippen molar-refractivity contribution in [1.82, 2.24) is 0 Å². The zero-order valence-corrected chi connectivity index (χ0v) is 19.3. The van der Waals surface area contributed by atoms with Crippen molar-refractivity contribution >= 4 is 12.0 Å². The zero-order valence-electron chi connectivity index (χ0n) is 19.3. The number of aliphatic hydroxyl groups excluding tert-OH is 5. The van der Waals surface area contributed by atoms with Crippen LogP contribution in [0.2, 0.25) is 0 Å². The molecule has 1 aliphatic carbocycles. The van der Waals surface area contributed by atoms with Crippen LogP contribution in [0.25, 0.3) is 6.08 Å². The van der Waals surface area contributed by atoms with E-state index in [0.717, 1.165) is 12.3 Å². The number of fused-ring (bicyclic) bond motifs is 1. The van der Waals surface area contributed by atoms with E-state index in [4.69, 9.17) is 18.9 Å². The van der Waals surface area contributed by atoms with E-state index in [1.165, 1.54) is 25.1 Å². The number of phenols is 1. The molecule has 0 aromatic heterocycles. The van der Waals surface area contributed by atoms with E-state index in [0.29, 0.717) is 5.56 Å². The van der Waals surface area contributed by atoms with Crippen molar-refractivity contribution in [3.63, 3.8) is 0 Å². The van der Waals surface area contributed by atoms with Gasteiger partial charge in [-0.3, -0.25) is 0 Å². The van der Waals surface area contributed by atoms with E-state index in [1.54, 1.807) is 18.2 Å². The number of aliphatic hydroxyl groups is 6. The minimum absolute atomic E-state index is 0.0442. The lowest BCUT2D eigenvalue weighted by Crippen LogP contribution is -2.62. The number of hydrogen-bond donors (Lipinski definition) is 7. The minimum atomic E-state index is -1.95. The molecule has 2 heterocycles. The Kier molecular flexibility index (Phi) is 7.42. The third-order valence-electron chi connectivity index (χ3n) is 6.89. The van der Waals surface area contributed by atoms with Gasteiger partial charge in [-0.1, -0.05) is 18.2 Å². The number of aromatic hydroxyl groups is 1. The average Bonchev–Trinajstić information content (AvgIpc) is 3.04. The lowest BCUT2D eigenvalue weighted by molar-refractivity contribution is -0.351. The van der Waals surface area contributed by atoms with E-state index in [2.05, 4.69) is 0 Å². The fourth-order valence-corrected chi connectivity index (χ4v) is 4.97. The molecule has 36 heavy (non-hydrogen) atoms. The summed E-state index contributed by atoms with van der Waals surface area (Å²) in [5.74, 6) is -2.10. The highest BCUT2D eigenvalue weighted by Crippen LogP contribution is 2.51. The Morgan fingerprint density at radius 2 is 1.86 bits per heavy atom. The van der Waals surface area contributed by atoms with Crippen LogP contribution >= 0.6 is 0 Å². The van der Waals surface area contributed by atoms with Crippen molar-refractivity contribution in [2.24, 2.45) is 5.92 Å². The maximum atomic E-state index is 12.7. The number of para-hydroxylation sites is 1. The third-order valence-corrected chi connectivity index (χ3v) is 6.89. The van der Waals surface area contributed by atoms with Gasteiger partial charge in [-0.15, -0.1) is 0 Å². The Bertz CT molecular complexity index is 1010. The van der Waals surface area contributed by atoms with Crippen LogP contribution in [0.3, 0.4) is 0 Å². The molecule has 10 atom stereocenters. The van der Waals surface area contributed by atoms with Crippen molar-refractivity contribution in [1.29, 1.82) is 0 Å². The first-order valence-corrected chi connectivity index (χ1v) is 11.4. The summed E-state index contributed by atoms with van der Waals surface area (Å²) in [7, 11) is 0. The summed E-state index contributed by atoms with van der Waals surface area (Å²) in [4.78, 5) is 12.7. The molecule has 1 aromatic rings. The number of phenolic OH excluding ortho intramolecular Hbond substituents is 1. The van der Waals surface area contributed by atoms with E-state index in [1.807, 2.05) is 0 Å². The molecule has 1 saturated heterocycles. The molecular formula is C24H30O12. The van der Waals surface area contributed by atoms with Crippen molar-refractivity contribution in [3.05, 3.63) is 48.2 Å². The van der Waals surface area contributed by atoms with Crippen LogP contribution in [-0.4, -0.2) is 103 Å². The number of rotatable bonds is 6. The Morgan fingerprint density at radius 1 is 1.14 bits per heavy atom. The topological polar surface area (TPSA) is 196 Å². The summed E-state index contributed by atoms with van der Waals surface area (Å²) in [6.07, 6.45) is -6.23. The van der Waals surface area contributed by atoms with Gasteiger partial charge in [-0.05, 0) is 25.1 Å². The van der Waals surface area contributed by atoms with E-state index < -0.39 is 72.8 Å². The van der Waals surface area contributed by atoms with Gasteiger partial charge >= 0.3 is 5.97 Å². The maximum Gasteiger partial charge on any atom is 0.331 e. The van der Waals surface area contributed by atoms with E-state index in [-0.39, 0.29) is 12.2 Å². The number of ether oxygens (including phenoxy) is 4. The monoisotopic (exact) mass is 510 g/mol. The Hall–Kier alpha value is -2.55. The highest BCUT2D eigenvalue weighted by atomic mass is 16.8. The first kappa shape index (κ1) is 26.5. The third kappa shape index (κ3) is 4.74. The van der Waals surface area contributed by atoms with Crippen molar-refractivity contribution in [3.8, 4) is 5.75 Å². The molecule has 0 spiro atoms. The highest BCUT2D eigenvalue weighted by Gasteiger charge is 2.66. The quantitative estimate of drug-likeness (QED) is 0.173. The zero-order chi connectivity index (χ0) is 26.3. The summed E-state index contributed by atoms with van der Waals surface area (Å²) < 4.78 is 22.2. The van der Waals surface area contributed by atoms with Crippen molar-refractivity contribution in [2.45, 2.75) is 67.6 Å². The fraction of sp³-hybridized carbons (Fsp3) is 0.542. The number of carbonyl (C=O) groups is 1. The Morgan fingerprint density at radius 3 is 2.56 bits per heavy atom. The molecule has 3 aliphatic rings. The second-order valence-corrected chi connectivity index (χ2v) is 9.35. The molecule has 0 bridgehead atoms. The number of carbonyl (C=O) groups excluding carboxylic acids is 1. The molecule has 1 aromatic carbocycles. The smallest absolute Gasteiger partial charge is 0.331 e. The van der Waals surface area contributed by atoms with Crippen LogP contribution in [-0.2, 0) is 23.7 Å². The molecule has 1 saturated carbocycles. The van der Waals surface area contributed by atoms with Crippen LogP contribution < -0.4 is 0 Å². The molecule has 0 amide bonds. The molecule has 4 rings (SSSR count). The number of esters is 1. The standard InChI is InChI=1S/C24H30O12/c1-23(36-16(28)7-6-12-4-2-3-5-13(12)26)10-15(27)24(32)8-9-33-22(20(23)24)35-21-19(31)18(30)17(29)14(11-25)34-21/h2-9,14-15,17-22,25-27,29-32H,10-11H2,1H3/b7-6+/t14-,15+,17-,18-,19-,20?,21+,22-,23-,24+/m0/s1. The number of benzene rings is 1. The van der Waals surface area contributed by atoms with Gasteiger partial charge in [0.25, 0.3) is 0 Å². The van der Waals surface area contributed by atoms with Crippen LogP contribution in [0, 0.1) is 5.92 Å². The van der Waals surface area contributed by atoms with Gasteiger partial charge < -0.3 is 54.7 Å². The van der Waals surface area contributed by atoms with Crippen molar-refractivity contribution < 1.29 is 59.5 Å². The molecule has 12 heteroatoms. The molecule has 198 valence electrons. The van der Waals surface area contributed by atoms with Crippen LogP contribution in [0.5, 0.6) is 5.75 Å². The normalized spacial score (nSPS) is 42.2. The summed E-state index contributed by atoms with van der Waals surface area (Å²) >= 11 is 0. The van der Waals surface area contributed by atoms with Gasteiger partial charge in [-0.25, -0.2) is 4.79 Å². The first-order valence-electron chi connectivity index (χ1n) is 11.4. The van der Waals surface area contributed by atoms with E-state index in [9.17, 15) is 40.5 Å². The maximum absolute atomic E-state index is 12.7. The Labute approximate surface area is 206 Å². The molecule has 1 unspecified atom stereocenters. The predicted molar refractivity (Wildman–Crippen MR) is 120 cm³/mol. The summed E-state index contributed by atoms with van der Waals surface area (Å²) in [5.41, 5.74) is -3.12. The van der Waals surface area contributed by atoms with Crippen LogP contribution in [0.15, 0.2) is 42.7 Å². The molecular weight excluding hydrogens is 480 g/mol. The molecule has 12 nitrogen and oxygen atoms in total. The second-order valence-electron chi connectivity index (χ2n) is 9.35. The minimum Gasteiger partial charge on any atom is -0.507 e. The van der Waals surface area contributed by atoms with Gasteiger partial charge in [0.05, 0.1) is 24.9 Å². The lowest BCUT2D eigenvalue weighted by Gasteiger charge is -2.45. The first-order chi connectivity index (χ1) is 17.0. The Balaban J connectivity index is 1.56. The number of hydrogen-bond acceptors (Lipinski definition) is 12. The van der Waals surface area contributed by atoms with Gasteiger partial charge in [0.1, 0.15) is 41.4 Å². The van der Waals surface area contributed by atoms with Crippen LogP contribution in [0.1, 0.15) is 18.9 Å². The largest absolute Gasteiger partial charge is 0.507 e. The lowest BCUT2D eigenvalue weighted by atomic mass is 9.81. The molecule has 2 aliphatic heterocycles. The van der Waals surface area contributed by atoms with Gasteiger partial charge in [0, 0.05) is 18.1 Å². The SMILES string of the molecule is C[C@]1(OC(=O)/C=C/c2ccccc2O)C[C@@H](O)[C@]2(O)C=CO[C@@H](O[C@H]3O[C@@H](CO)[C@H](O)[C@H](O)[C@@H]3O)C12. The van der Waals surface area contributed by atoms with Gasteiger partial charge in [-0.2, -0.15) is 0 Å². The fourth-order valence-electron chi connectivity index (χ4n) is 4.97. The molecule has 2 fully saturated rings. The van der Waals surface area contributed by atoms with Crippen LogP contribution in [0.4, 0.5) is 0 Å². The predicted octanol–water partition coefficient (Wildman–Crippen LogP) is -1.49. The summed E-state index contributed by atoms with van der Waals surface area (Å²) in [6, 6.07) is 6.33.